The van der Waals surface area contributed by atoms with E-state index in [1.54, 1.807) is 0 Å². The number of rotatable bonds is 15. The third-order valence-corrected chi connectivity index (χ3v) is 4.15. The molecule has 120 valence electrons. The lowest BCUT2D eigenvalue weighted by Gasteiger charge is -2.14. The van der Waals surface area contributed by atoms with Gasteiger partial charge in [-0.1, -0.05) is 90.9 Å². The number of hydrogen-bond acceptors (Lipinski definition) is 1. The van der Waals surface area contributed by atoms with Crippen LogP contribution >= 0.6 is 0 Å². The zero-order valence-electron chi connectivity index (χ0n) is 13.8. The van der Waals surface area contributed by atoms with Crippen LogP contribution in [0.2, 0.25) is 0 Å². The topological polar surface area (TPSA) is 37.3 Å². The van der Waals surface area contributed by atoms with Gasteiger partial charge in [0, 0.05) is 6.42 Å². The number of carboxylic acid groups (broad SMARTS) is 1. The van der Waals surface area contributed by atoms with Crippen molar-refractivity contribution in [3.8, 4) is 0 Å². The van der Waals surface area contributed by atoms with Crippen LogP contribution in [0.4, 0.5) is 0 Å². The highest BCUT2D eigenvalue weighted by Crippen LogP contribution is 2.21. The number of hydrogen-bond donors (Lipinski definition) is 1. The minimum atomic E-state index is -0.654. The Bertz CT molecular complexity index is 207. The van der Waals surface area contributed by atoms with E-state index in [4.69, 9.17) is 5.11 Å². The van der Waals surface area contributed by atoms with E-state index in [-0.39, 0.29) is 0 Å². The van der Waals surface area contributed by atoms with Crippen molar-refractivity contribution in [1.82, 2.24) is 0 Å². The zero-order valence-corrected chi connectivity index (χ0v) is 13.8. The molecule has 0 spiro atoms. The summed E-state index contributed by atoms with van der Waals surface area (Å²) in [5.41, 5.74) is 0. The third-order valence-electron chi connectivity index (χ3n) is 4.15. The molecule has 0 aliphatic carbocycles. The molecule has 0 unspecified atom stereocenters. The van der Waals surface area contributed by atoms with Crippen LogP contribution in [0.15, 0.2) is 0 Å². The van der Waals surface area contributed by atoms with Gasteiger partial charge < -0.3 is 5.11 Å². The monoisotopic (exact) mass is 284 g/mol. The van der Waals surface area contributed by atoms with Gasteiger partial charge in [-0.05, 0) is 12.3 Å². The molecule has 0 heterocycles. The summed E-state index contributed by atoms with van der Waals surface area (Å²) in [5.74, 6) is 0.319. The highest BCUT2D eigenvalue weighted by molar-refractivity contribution is 5.66. The van der Waals surface area contributed by atoms with E-state index >= 15 is 0 Å². The molecule has 0 atom stereocenters. The van der Waals surface area contributed by atoms with Gasteiger partial charge in [0.2, 0.25) is 0 Å². The van der Waals surface area contributed by atoms with Gasteiger partial charge in [-0.15, -0.1) is 0 Å². The van der Waals surface area contributed by atoms with Crippen molar-refractivity contribution in [3.63, 3.8) is 0 Å². The van der Waals surface area contributed by atoms with Crippen molar-refractivity contribution in [2.75, 3.05) is 0 Å². The first-order valence-corrected chi connectivity index (χ1v) is 8.92. The summed E-state index contributed by atoms with van der Waals surface area (Å²) in [5, 5.41) is 8.53. The van der Waals surface area contributed by atoms with Gasteiger partial charge in [0.05, 0.1) is 0 Å². The van der Waals surface area contributed by atoms with Gasteiger partial charge in [-0.25, -0.2) is 0 Å². The average Bonchev–Trinajstić information content (AvgIpc) is 2.41. The molecule has 0 aromatic rings. The molecule has 0 saturated carbocycles. The number of aliphatic carboxylic acids is 1. The van der Waals surface area contributed by atoms with Gasteiger partial charge in [-0.3, -0.25) is 4.79 Å². The maximum atomic E-state index is 10.4. The normalized spacial score (nSPS) is 11.2. The number of carbonyl (C=O) groups is 1. The first kappa shape index (κ1) is 19.5. The largest absolute Gasteiger partial charge is 0.481 e. The Kier molecular flexibility index (Phi) is 14.5. The number of carboxylic acids is 1. The van der Waals surface area contributed by atoms with Crippen molar-refractivity contribution < 1.29 is 9.90 Å². The molecule has 2 nitrogen and oxygen atoms in total. The van der Waals surface area contributed by atoms with E-state index in [1.807, 2.05) is 0 Å². The standard InChI is InChI=1S/C18H36O2/c1-3-13-17(14-4-2)15-11-9-7-5-6-8-10-12-16-18(19)20/h17H,3-16H2,1-2H3,(H,19,20). The molecule has 0 radical (unpaired) electrons. The van der Waals surface area contributed by atoms with E-state index in [9.17, 15) is 4.79 Å². The van der Waals surface area contributed by atoms with Crippen molar-refractivity contribution in [2.45, 2.75) is 104 Å². The fraction of sp³-hybridized carbons (Fsp3) is 0.944. The predicted molar refractivity (Wildman–Crippen MR) is 87.1 cm³/mol. The van der Waals surface area contributed by atoms with Gasteiger partial charge in [0.1, 0.15) is 0 Å². The summed E-state index contributed by atoms with van der Waals surface area (Å²) in [6.45, 7) is 4.60. The molecule has 0 fully saturated rings. The van der Waals surface area contributed by atoms with Crippen molar-refractivity contribution in [2.24, 2.45) is 5.92 Å². The summed E-state index contributed by atoms with van der Waals surface area (Å²) in [7, 11) is 0. The van der Waals surface area contributed by atoms with E-state index in [1.165, 1.54) is 70.6 Å². The molecule has 0 saturated heterocycles. The van der Waals surface area contributed by atoms with Gasteiger partial charge in [0.15, 0.2) is 0 Å². The van der Waals surface area contributed by atoms with E-state index in [0.717, 1.165) is 18.8 Å². The second-order valence-electron chi connectivity index (χ2n) is 6.20. The molecule has 0 aromatic carbocycles. The lowest BCUT2D eigenvalue weighted by Crippen LogP contribution is -1.99. The Morgan fingerprint density at radius 2 is 1.20 bits per heavy atom. The molecule has 0 amide bonds. The predicted octanol–water partition coefficient (Wildman–Crippen LogP) is 6.19. The quantitative estimate of drug-likeness (QED) is 0.364. The highest BCUT2D eigenvalue weighted by atomic mass is 16.4. The third kappa shape index (κ3) is 13.9. The molecule has 0 aromatic heterocycles. The number of unbranched alkanes of at least 4 members (excludes halogenated alkanes) is 7. The van der Waals surface area contributed by atoms with Crippen molar-refractivity contribution in [1.29, 1.82) is 0 Å². The van der Waals surface area contributed by atoms with Crippen molar-refractivity contribution in [3.05, 3.63) is 0 Å². The van der Waals surface area contributed by atoms with Crippen LogP contribution in [0, 0.1) is 5.92 Å². The Labute approximate surface area is 126 Å². The first-order valence-electron chi connectivity index (χ1n) is 8.92. The van der Waals surface area contributed by atoms with Crippen LogP contribution in [0.25, 0.3) is 0 Å². The molecule has 0 aliphatic heterocycles. The molecule has 1 N–H and O–H groups in total. The van der Waals surface area contributed by atoms with Gasteiger partial charge in [-0.2, -0.15) is 0 Å². The Hall–Kier alpha value is -0.530. The molecule has 2 heteroatoms. The Morgan fingerprint density at radius 1 is 0.750 bits per heavy atom. The molecule has 0 bridgehead atoms. The van der Waals surface area contributed by atoms with E-state index in [0.29, 0.717) is 6.42 Å². The van der Waals surface area contributed by atoms with E-state index in [2.05, 4.69) is 13.8 Å². The fourth-order valence-electron chi connectivity index (χ4n) is 3.02. The van der Waals surface area contributed by atoms with Crippen molar-refractivity contribution >= 4 is 5.97 Å². The highest BCUT2D eigenvalue weighted by Gasteiger charge is 2.05. The summed E-state index contributed by atoms with van der Waals surface area (Å²) in [4.78, 5) is 10.4. The first-order chi connectivity index (χ1) is 9.70. The SMILES string of the molecule is CCCC(CCC)CCCCCCCCCCC(=O)O. The van der Waals surface area contributed by atoms with Crippen LogP contribution < -0.4 is 0 Å². The second-order valence-corrected chi connectivity index (χ2v) is 6.20. The molecule has 0 aliphatic rings. The minimum absolute atomic E-state index is 0.343. The van der Waals surface area contributed by atoms with Crippen LogP contribution in [0.1, 0.15) is 104 Å². The summed E-state index contributed by atoms with van der Waals surface area (Å²) in [6, 6.07) is 0. The smallest absolute Gasteiger partial charge is 0.303 e. The lowest BCUT2D eigenvalue weighted by molar-refractivity contribution is -0.137. The summed E-state index contributed by atoms with van der Waals surface area (Å²) < 4.78 is 0. The summed E-state index contributed by atoms with van der Waals surface area (Å²) in [6.07, 6.45) is 17.2. The zero-order chi connectivity index (χ0) is 15.1. The maximum absolute atomic E-state index is 10.4. The van der Waals surface area contributed by atoms with Gasteiger partial charge in [0.25, 0.3) is 0 Å². The minimum Gasteiger partial charge on any atom is -0.481 e. The van der Waals surface area contributed by atoms with Gasteiger partial charge >= 0.3 is 5.97 Å². The Morgan fingerprint density at radius 3 is 1.65 bits per heavy atom. The lowest BCUT2D eigenvalue weighted by atomic mass is 9.92. The van der Waals surface area contributed by atoms with Crippen LogP contribution in [0.5, 0.6) is 0 Å². The Balaban J connectivity index is 3.24. The molecular weight excluding hydrogens is 248 g/mol. The van der Waals surface area contributed by atoms with E-state index < -0.39 is 5.97 Å². The summed E-state index contributed by atoms with van der Waals surface area (Å²) >= 11 is 0. The molecule has 0 rings (SSSR count). The molecule has 20 heavy (non-hydrogen) atoms. The van der Waals surface area contributed by atoms with Crippen LogP contribution in [-0.2, 0) is 4.79 Å². The van der Waals surface area contributed by atoms with Crippen LogP contribution in [0.3, 0.4) is 0 Å². The van der Waals surface area contributed by atoms with Crippen LogP contribution in [-0.4, -0.2) is 11.1 Å². The molecular formula is C18H36O2. The maximum Gasteiger partial charge on any atom is 0.303 e. The fourth-order valence-corrected chi connectivity index (χ4v) is 3.02. The average molecular weight is 284 g/mol. The second kappa shape index (κ2) is 14.9.